The molecule has 0 saturated heterocycles. The summed E-state index contributed by atoms with van der Waals surface area (Å²) in [6.07, 6.45) is 7.52. The normalized spacial score (nSPS) is 16.9. The highest BCUT2D eigenvalue weighted by Crippen LogP contribution is 2.17. The van der Waals surface area contributed by atoms with Crippen molar-refractivity contribution in [3.05, 3.63) is 23.9 Å². The van der Waals surface area contributed by atoms with Crippen LogP contribution in [0.1, 0.15) is 42.5 Å². The summed E-state index contributed by atoms with van der Waals surface area (Å²) >= 11 is 0. The van der Waals surface area contributed by atoms with Gasteiger partial charge in [0.2, 0.25) is 0 Å². The number of aromatic nitrogens is 4. The van der Waals surface area contributed by atoms with E-state index < -0.39 is 0 Å². The maximum Gasteiger partial charge on any atom is 0.253 e. The number of nitrogens with one attached hydrogen (secondary N) is 1. The van der Waals surface area contributed by atoms with Gasteiger partial charge >= 0.3 is 0 Å². The van der Waals surface area contributed by atoms with Crippen molar-refractivity contribution in [3.63, 3.8) is 0 Å². The zero-order valence-corrected chi connectivity index (χ0v) is 10.0. The first kappa shape index (κ1) is 11.1. The van der Waals surface area contributed by atoms with Crippen LogP contribution in [-0.2, 0) is 0 Å². The molecule has 1 N–H and O–H groups in total. The van der Waals surface area contributed by atoms with Gasteiger partial charge in [-0.2, -0.15) is 4.52 Å². The lowest BCUT2D eigenvalue weighted by molar-refractivity contribution is 0.0927. The third-order valence-electron chi connectivity index (χ3n) is 3.39. The van der Waals surface area contributed by atoms with Crippen molar-refractivity contribution in [2.45, 2.75) is 38.1 Å². The summed E-state index contributed by atoms with van der Waals surface area (Å²) in [5, 5.41) is 14.2. The molecular weight excluding hydrogens is 230 g/mol. The topological polar surface area (TPSA) is 72.2 Å². The predicted octanol–water partition coefficient (Wildman–Crippen LogP) is 1.19. The van der Waals surface area contributed by atoms with Gasteiger partial charge in [0.25, 0.3) is 5.91 Å². The molecule has 0 unspecified atom stereocenters. The lowest BCUT2D eigenvalue weighted by Crippen LogP contribution is -2.36. The molecule has 18 heavy (non-hydrogen) atoms. The molecule has 1 aliphatic carbocycles. The van der Waals surface area contributed by atoms with Gasteiger partial charge in [0.15, 0.2) is 5.65 Å². The molecule has 1 amide bonds. The molecule has 1 aliphatic rings. The molecule has 94 valence electrons. The Morgan fingerprint density at radius 1 is 1.28 bits per heavy atom. The summed E-state index contributed by atoms with van der Waals surface area (Å²) in [5.74, 6) is -0.0423. The van der Waals surface area contributed by atoms with E-state index in [4.69, 9.17) is 0 Å². The van der Waals surface area contributed by atoms with Crippen LogP contribution in [-0.4, -0.2) is 32.0 Å². The zero-order valence-electron chi connectivity index (χ0n) is 10.0. The number of carbonyl (C=O) groups is 1. The van der Waals surface area contributed by atoms with Gasteiger partial charge in [-0.1, -0.05) is 19.3 Å². The van der Waals surface area contributed by atoms with Gasteiger partial charge < -0.3 is 5.32 Å². The van der Waals surface area contributed by atoms with E-state index in [0.29, 0.717) is 17.3 Å². The molecule has 1 fully saturated rings. The Kier molecular flexibility index (Phi) is 2.92. The van der Waals surface area contributed by atoms with E-state index in [2.05, 4.69) is 20.8 Å². The van der Waals surface area contributed by atoms with Crippen LogP contribution >= 0.6 is 0 Å². The number of carbonyl (C=O) groups excluding carboxylic acids is 1. The van der Waals surface area contributed by atoms with Gasteiger partial charge in [-0.3, -0.25) is 4.79 Å². The van der Waals surface area contributed by atoms with E-state index in [9.17, 15) is 4.79 Å². The van der Waals surface area contributed by atoms with Gasteiger partial charge in [-0.05, 0) is 35.4 Å². The summed E-state index contributed by atoms with van der Waals surface area (Å²) in [6, 6.07) is 3.82. The molecular formula is C12H15N5O. The lowest BCUT2D eigenvalue weighted by atomic mass is 9.95. The average Bonchev–Trinajstić information content (AvgIpc) is 2.87. The minimum atomic E-state index is -0.0423. The molecule has 0 bridgehead atoms. The molecule has 2 aromatic heterocycles. The van der Waals surface area contributed by atoms with E-state index in [0.717, 1.165) is 12.8 Å². The summed E-state index contributed by atoms with van der Waals surface area (Å²) in [5.41, 5.74) is 1.24. The maximum atomic E-state index is 12.1. The standard InChI is InChI=1S/C12H15N5O/c18-12(13-10-4-2-1-3-5-10)9-6-7-11-14-15-16-17(11)8-9/h6-8,10H,1-5H2,(H,13,18). The number of pyridine rings is 1. The number of amides is 1. The average molecular weight is 245 g/mol. The van der Waals surface area contributed by atoms with Crippen LogP contribution in [0.3, 0.4) is 0 Å². The SMILES string of the molecule is O=C(NC1CCCCC1)c1ccc2nnnn2c1. The van der Waals surface area contributed by atoms with Crippen LogP contribution in [0.25, 0.3) is 5.65 Å². The summed E-state index contributed by atoms with van der Waals surface area (Å²) in [7, 11) is 0. The molecule has 2 heterocycles. The molecule has 0 spiro atoms. The van der Waals surface area contributed by atoms with Crippen molar-refractivity contribution in [2.24, 2.45) is 0 Å². The molecule has 6 heteroatoms. The number of nitrogens with zero attached hydrogens (tertiary/aromatic N) is 4. The van der Waals surface area contributed by atoms with E-state index in [1.54, 1.807) is 18.3 Å². The Bertz CT molecular complexity index is 558. The van der Waals surface area contributed by atoms with Crippen LogP contribution in [0.15, 0.2) is 18.3 Å². The maximum absolute atomic E-state index is 12.1. The van der Waals surface area contributed by atoms with Crippen molar-refractivity contribution in [1.82, 2.24) is 25.4 Å². The van der Waals surface area contributed by atoms with E-state index in [1.165, 1.54) is 23.8 Å². The number of fused-ring (bicyclic) bond motifs is 1. The highest BCUT2D eigenvalue weighted by atomic mass is 16.1. The largest absolute Gasteiger partial charge is 0.349 e. The lowest BCUT2D eigenvalue weighted by Gasteiger charge is -2.22. The van der Waals surface area contributed by atoms with Crippen LogP contribution < -0.4 is 5.32 Å². The number of hydrogen-bond acceptors (Lipinski definition) is 4. The molecule has 6 nitrogen and oxygen atoms in total. The van der Waals surface area contributed by atoms with Gasteiger partial charge in [0.1, 0.15) is 0 Å². The molecule has 0 atom stereocenters. The third-order valence-corrected chi connectivity index (χ3v) is 3.39. The van der Waals surface area contributed by atoms with Crippen molar-refractivity contribution in [1.29, 1.82) is 0 Å². The fraction of sp³-hybridized carbons (Fsp3) is 0.500. The summed E-state index contributed by atoms with van der Waals surface area (Å²) < 4.78 is 1.51. The monoisotopic (exact) mass is 245 g/mol. The minimum absolute atomic E-state index is 0.0423. The quantitative estimate of drug-likeness (QED) is 0.862. The fourth-order valence-corrected chi connectivity index (χ4v) is 2.39. The smallest absolute Gasteiger partial charge is 0.253 e. The fourth-order valence-electron chi connectivity index (χ4n) is 2.39. The second kappa shape index (κ2) is 4.72. The zero-order chi connectivity index (χ0) is 12.4. The van der Waals surface area contributed by atoms with Crippen LogP contribution in [0.2, 0.25) is 0 Å². The van der Waals surface area contributed by atoms with E-state index in [-0.39, 0.29) is 5.91 Å². The van der Waals surface area contributed by atoms with Crippen molar-refractivity contribution < 1.29 is 4.79 Å². The molecule has 0 aliphatic heterocycles. The Balaban J connectivity index is 1.74. The molecule has 3 rings (SSSR count). The van der Waals surface area contributed by atoms with Crippen LogP contribution in [0.5, 0.6) is 0 Å². The number of hydrogen-bond donors (Lipinski definition) is 1. The van der Waals surface area contributed by atoms with Crippen molar-refractivity contribution in [3.8, 4) is 0 Å². The van der Waals surface area contributed by atoms with Gasteiger partial charge in [0, 0.05) is 12.2 Å². The molecule has 0 aromatic carbocycles. The summed E-state index contributed by atoms with van der Waals surface area (Å²) in [6.45, 7) is 0. The first-order valence-electron chi connectivity index (χ1n) is 6.31. The molecule has 0 radical (unpaired) electrons. The molecule has 1 saturated carbocycles. The number of tetrazole rings is 1. The highest BCUT2D eigenvalue weighted by Gasteiger charge is 2.17. The second-order valence-electron chi connectivity index (χ2n) is 4.71. The summed E-state index contributed by atoms with van der Waals surface area (Å²) in [4.78, 5) is 12.1. The van der Waals surface area contributed by atoms with E-state index in [1.807, 2.05) is 0 Å². The highest BCUT2D eigenvalue weighted by molar-refractivity contribution is 5.94. The van der Waals surface area contributed by atoms with Gasteiger partial charge in [-0.15, -0.1) is 5.10 Å². The predicted molar refractivity (Wildman–Crippen MR) is 65.1 cm³/mol. The third kappa shape index (κ3) is 2.18. The van der Waals surface area contributed by atoms with Gasteiger partial charge in [-0.25, -0.2) is 0 Å². The Morgan fingerprint density at radius 3 is 2.94 bits per heavy atom. The molecule has 2 aromatic rings. The Hall–Kier alpha value is -1.98. The van der Waals surface area contributed by atoms with Crippen molar-refractivity contribution in [2.75, 3.05) is 0 Å². The van der Waals surface area contributed by atoms with Gasteiger partial charge in [0.05, 0.1) is 5.56 Å². The first-order valence-corrected chi connectivity index (χ1v) is 6.31. The first-order chi connectivity index (χ1) is 8.83. The van der Waals surface area contributed by atoms with Crippen molar-refractivity contribution >= 4 is 11.6 Å². The van der Waals surface area contributed by atoms with E-state index >= 15 is 0 Å². The minimum Gasteiger partial charge on any atom is -0.349 e. The van der Waals surface area contributed by atoms with Crippen LogP contribution in [0, 0.1) is 0 Å². The Labute approximate surface area is 104 Å². The van der Waals surface area contributed by atoms with Crippen LogP contribution in [0.4, 0.5) is 0 Å². The number of rotatable bonds is 2. The Morgan fingerprint density at radius 2 is 2.11 bits per heavy atom. The second-order valence-corrected chi connectivity index (χ2v) is 4.71.